The van der Waals surface area contributed by atoms with Crippen molar-refractivity contribution < 1.29 is 4.79 Å². The zero-order chi connectivity index (χ0) is 15.7. The Morgan fingerprint density at radius 3 is 2.59 bits per heavy atom. The Kier molecular flexibility index (Phi) is 3.79. The van der Waals surface area contributed by atoms with Gasteiger partial charge in [0.15, 0.2) is 0 Å². The van der Waals surface area contributed by atoms with Crippen LogP contribution in [0.15, 0.2) is 41.2 Å². The van der Waals surface area contributed by atoms with Gasteiger partial charge >= 0.3 is 0 Å². The number of hydrogen-bond donors (Lipinski definition) is 0. The molecule has 1 amide bonds. The van der Waals surface area contributed by atoms with E-state index in [1.807, 2.05) is 4.90 Å². The van der Waals surface area contributed by atoms with Gasteiger partial charge < -0.3 is 4.90 Å². The van der Waals surface area contributed by atoms with Gasteiger partial charge in [-0.3, -0.25) is 9.59 Å². The van der Waals surface area contributed by atoms with Crippen molar-refractivity contribution in [2.45, 2.75) is 25.8 Å². The summed E-state index contributed by atoms with van der Waals surface area (Å²) in [6, 6.07) is 11.3. The molecule has 1 fully saturated rings. The van der Waals surface area contributed by atoms with Crippen molar-refractivity contribution >= 4 is 5.91 Å². The van der Waals surface area contributed by atoms with Gasteiger partial charge in [-0.2, -0.15) is 5.10 Å². The molecule has 1 aliphatic rings. The van der Waals surface area contributed by atoms with E-state index in [4.69, 9.17) is 0 Å². The van der Waals surface area contributed by atoms with E-state index in [9.17, 15) is 9.59 Å². The first-order valence-corrected chi connectivity index (χ1v) is 7.48. The molecule has 0 N–H and O–H groups in total. The van der Waals surface area contributed by atoms with Crippen LogP contribution >= 0.6 is 0 Å². The molecule has 22 heavy (non-hydrogen) atoms. The Morgan fingerprint density at radius 1 is 1.18 bits per heavy atom. The summed E-state index contributed by atoms with van der Waals surface area (Å²) in [5.41, 5.74) is 2.47. The molecule has 5 nitrogen and oxygen atoms in total. The number of rotatable bonds is 2. The maximum Gasteiger partial charge on any atom is 0.274 e. The number of carbonyl (C=O) groups is 1. The summed E-state index contributed by atoms with van der Waals surface area (Å²) < 4.78 is 1.20. The van der Waals surface area contributed by atoms with Gasteiger partial charge in [-0.05, 0) is 31.4 Å². The Balaban J connectivity index is 1.89. The SMILES string of the molecule is Cc1ccc(C2CCCN2C(=O)c2ccc(=O)n(C)n2)cc1. The number of hydrogen-bond acceptors (Lipinski definition) is 3. The fourth-order valence-corrected chi connectivity index (χ4v) is 2.91. The zero-order valence-corrected chi connectivity index (χ0v) is 12.8. The minimum Gasteiger partial charge on any atom is -0.330 e. The Labute approximate surface area is 129 Å². The van der Waals surface area contributed by atoms with E-state index in [0.717, 1.165) is 24.9 Å². The summed E-state index contributed by atoms with van der Waals surface area (Å²) in [5, 5.41) is 4.07. The monoisotopic (exact) mass is 297 g/mol. The van der Waals surface area contributed by atoms with Crippen LogP contribution in [0.25, 0.3) is 0 Å². The van der Waals surface area contributed by atoms with Gasteiger partial charge in [-0.25, -0.2) is 4.68 Å². The minimum absolute atomic E-state index is 0.0899. The Hall–Kier alpha value is -2.43. The summed E-state index contributed by atoms with van der Waals surface area (Å²) >= 11 is 0. The number of aromatic nitrogens is 2. The van der Waals surface area contributed by atoms with Gasteiger partial charge in [0.2, 0.25) is 0 Å². The number of benzene rings is 1. The Bertz CT molecular complexity index is 749. The van der Waals surface area contributed by atoms with Crippen molar-refractivity contribution in [3.05, 3.63) is 63.6 Å². The predicted octanol–water partition coefficient (Wildman–Crippen LogP) is 2.07. The first kappa shape index (κ1) is 14.5. The van der Waals surface area contributed by atoms with E-state index in [-0.39, 0.29) is 17.5 Å². The molecule has 5 heteroatoms. The molecule has 1 aliphatic heterocycles. The highest BCUT2D eigenvalue weighted by molar-refractivity contribution is 5.92. The molecule has 1 aromatic heterocycles. The normalized spacial score (nSPS) is 17.7. The second kappa shape index (κ2) is 5.75. The van der Waals surface area contributed by atoms with Gasteiger partial charge in [0, 0.05) is 19.7 Å². The van der Waals surface area contributed by atoms with Crippen molar-refractivity contribution in [2.75, 3.05) is 6.54 Å². The molecular weight excluding hydrogens is 278 g/mol. The highest BCUT2D eigenvalue weighted by atomic mass is 16.2. The van der Waals surface area contributed by atoms with E-state index in [1.165, 1.54) is 22.4 Å². The van der Waals surface area contributed by atoms with E-state index >= 15 is 0 Å². The van der Waals surface area contributed by atoms with E-state index in [0.29, 0.717) is 5.69 Å². The molecule has 1 saturated heterocycles. The fraction of sp³-hybridized carbons (Fsp3) is 0.353. The average Bonchev–Trinajstić information content (AvgIpc) is 2.99. The maximum absolute atomic E-state index is 12.7. The molecule has 0 aliphatic carbocycles. The lowest BCUT2D eigenvalue weighted by atomic mass is 10.0. The predicted molar refractivity (Wildman–Crippen MR) is 83.7 cm³/mol. The molecule has 0 radical (unpaired) electrons. The van der Waals surface area contributed by atoms with Crippen molar-refractivity contribution in [3.63, 3.8) is 0 Å². The largest absolute Gasteiger partial charge is 0.330 e. The van der Waals surface area contributed by atoms with Gasteiger partial charge in [-0.1, -0.05) is 29.8 Å². The highest BCUT2D eigenvalue weighted by Gasteiger charge is 2.31. The number of nitrogens with zero attached hydrogens (tertiary/aromatic N) is 3. The van der Waals surface area contributed by atoms with Crippen molar-refractivity contribution in [1.29, 1.82) is 0 Å². The summed E-state index contributed by atoms with van der Waals surface area (Å²) in [6.45, 7) is 2.78. The molecular formula is C17H19N3O2. The molecule has 0 bridgehead atoms. The smallest absolute Gasteiger partial charge is 0.274 e. The molecule has 1 unspecified atom stereocenters. The summed E-state index contributed by atoms with van der Waals surface area (Å²) in [6.07, 6.45) is 1.94. The van der Waals surface area contributed by atoms with Gasteiger partial charge in [-0.15, -0.1) is 0 Å². The van der Waals surface area contributed by atoms with Crippen molar-refractivity contribution in [3.8, 4) is 0 Å². The van der Waals surface area contributed by atoms with Gasteiger partial charge in [0.1, 0.15) is 5.69 Å². The fourth-order valence-electron chi connectivity index (χ4n) is 2.91. The average molecular weight is 297 g/mol. The van der Waals surface area contributed by atoms with Crippen LogP contribution in [0.2, 0.25) is 0 Å². The highest BCUT2D eigenvalue weighted by Crippen LogP contribution is 2.32. The number of aryl methyl sites for hydroxylation is 2. The Morgan fingerprint density at radius 2 is 1.91 bits per heavy atom. The van der Waals surface area contributed by atoms with Crippen LogP contribution in [-0.4, -0.2) is 27.1 Å². The third-order valence-electron chi connectivity index (χ3n) is 4.16. The molecule has 0 spiro atoms. The third-order valence-corrected chi connectivity index (χ3v) is 4.16. The quantitative estimate of drug-likeness (QED) is 0.852. The lowest BCUT2D eigenvalue weighted by Gasteiger charge is -2.25. The summed E-state index contributed by atoms with van der Waals surface area (Å²) in [4.78, 5) is 26.0. The topological polar surface area (TPSA) is 55.2 Å². The molecule has 114 valence electrons. The third kappa shape index (κ3) is 2.66. The van der Waals surface area contributed by atoms with E-state index in [1.54, 1.807) is 7.05 Å². The van der Waals surface area contributed by atoms with Gasteiger partial charge in [0.05, 0.1) is 6.04 Å². The summed E-state index contributed by atoms with van der Waals surface area (Å²) in [7, 11) is 1.56. The number of carbonyl (C=O) groups excluding carboxylic acids is 1. The van der Waals surface area contributed by atoms with Crippen LogP contribution < -0.4 is 5.56 Å². The van der Waals surface area contributed by atoms with Crippen molar-refractivity contribution in [2.24, 2.45) is 7.05 Å². The molecule has 1 atom stereocenters. The molecule has 3 rings (SSSR count). The lowest BCUT2D eigenvalue weighted by Crippen LogP contribution is -2.33. The molecule has 2 heterocycles. The minimum atomic E-state index is -0.215. The van der Waals surface area contributed by atoms with Crippen LogP contribution in [0.4, 0.5) is 0 Å². The second-order valence-electron chi connectivity index (χ2n) is 5.75. The van der Waals surface area contributed by atoms with E-state index in [2.05, 4.69) is 36.3 Å². The number of amides is 1. The first-order chi connectivity index (χ1) is 10.6. The summed E-state index contributed by atoms with van der Waals surface area (Å²) in [5.74, 6) is -0.112. The standard InChI is InChI=1S/C17H19N3O2/c1-12-5-7-13(8-6-12)15-4-3-11-20(15)17(22)14-9-10-16(21)19(2)18-14/h5-10,15H,3-4,11H2,1-2H3. The zero-order valence-electron chi connectivity index (χ0n) is 12.8. The van der Waals surface area contributed by atoms with Crippen LogP contribution in [0.1, 0.15) is 40.5 Å². The van der Waals surface area contributed by atoms with Crippen LogP contribution in [0.3, 0.4) is 0 Å². The second-order valence-corrected chi connectivity index (χ2v) is 5.75. The lowest BCUT2D eigenvalue weighted by molar-refractivity contribution is 0.0727. The molecule has 2 aromatic rings. The van der Waals surface area contributed by atoms with Crippen molar-refractivity contribution in [1.82, 2.24) is 14.7 Å². The maximum atomic E-state index is 12.7. The molecule has 0 saturated carbocycles. The van der Waals surface area contributed by atoms with Crippen LogP contribution in [0.5, 0.6) is 0 Å². The van der Waals surface area contributed by atoms with E-state index < -0.39 is 0 Å². The molecule has 1 aromatic carbocycles. The number of likely N-dealkylation sites (tertiary alicyclic amines) is 1. The van der Waals surface area contributed by atoms with Gasteiger partial charge in [0.25, 0.3) is 11.5 Å². The van der Waals surface area contributed by atoms with Crippen LogP contribution in [0, 0.1) is 6.92 Å². The first-order valence-electron chi connectivity index (χ1n) is 7.48. The van der Waals surface area contributed by atoms with Crippen LogP contribution in [-0.2, 0) is 7.05 Å².